The fraction of sp³-hybridized carbons (Fsp3) is 0.200. The molecule has 2 aromatic rings. The number of halogens is 1. The molecule has 23 heavy (non-hydrogen) atoms. The minimum Gasteiger partial charge on any atom is -0.323 e. The van der Waals surface area contributed by atoms with Gasteiger partial charge in [-0.1, -0.05) is 0 Å². The van der Waals surface area contributed by atoms with Gasteiger partial charge >= 0.3 is 0 Å². The van der Waals surface area contributed by atoms with Gasteiger partial charge in [0.25, 0.3) is 0 Å². The van der Waals surface area contributed by atoms with Gasteiger partial charge < -0.3 is 5.32 Å². The van der Waals surface area contributed by atoms with Gasteiger partial charge in [0.2, 0.25) is 15.9 Å². The van der Waals surface area contributed by atoms with Crippen LogP contribution in [-0.2, 0) is 14.8 Å². The summed E-state index contributed by atoms with van der Waals surface area (Å²) in [7, 11) is -3.73. The second-order valence-corrected chi connectivity index (χ2v) is 6.80. The highest BCUT2D eigenvalue weighted by atomic mass is 32.2. The van der Waals surface area contributed by atoms with E-state index in [1.165, 1.54) is 25.3 Å². The maximum Gasteiger partial charge on any atom is 0.248 e. The number of anilines is 2. The van der Waals surface area contributed by atoms with Gasteiger partial charge in [-0.2, -0.15) is 0 Å². The third-order valence-corrected chi connectivity index (χ3v) is 4.34. The predicted molar refractivity (Wildman–Crippen MR) is 86.1 cm³/mol. The predicted octanol–water partition coefficient (Wildman–Crippen LogP) is 2.01. The van der Waals surface area contributed by atoms with Gasteiger partial charge in [-0.15, -0.1) is 0 Å². The highest BCUT2D eigenvalue weighted by Crippen LogP contribution is 2.21. The summed E-state index contributed by atoms with van der Waals surface area (Å²) < 4.78 is 38.1. The molecular formula is C15H16FN3O3S. The number of rotatable bonds is 5. The van der Waals surface area contributed by atoms with E-state index < -0.39 is 27.8 Å². The minimum atomic E-state index is -3.73. The van der Waals surface area contributed by atoms with E-state index in [-0.39, 0.29) is 5.69 Å². The van der Waals surface area contributed by atoms with E-state index in [4.69, 9.17) is 0 Å². The molecule has 0 aliphatic heterocycles. The number of nitrogens with one attached hydrogen (secondary N) is 1. The topological polar surface area (TPSA) is 79.4 Å². The summed E-state index contributed by atoms with van der Waals surface area (Å²) >= 11 is 0. The molecule has 2 rings (SSSR count). The summed E-state index contributed by atoms with van der Waals surface area (Å²) in [4.78, 5) is 16.2. The van der Waals surface area contributed by atoms with Crippen LogP contribution in [0.15, 0.2) is 48.8 Å². The van der Waals surface area contributed by atoms with Gasteiger partial charge in [0.05, 0.1) is 23.8 Å². The van der Waals surface area contributed by atoms with E-state index >= 15 is 0 Å². The summed E-state index contributed by atoms with van der Waals surface area (Å²) in [5.74, 6) is -1.01. The monoisotopic (exact) mass is 337 g/mol. The van der Waals surface area contributed by atoms with E-state index in [0.29, 0.717) is 5.69 Å². The molecule has 0 aliphatic rings. The van der Waals surface area contributed by atoms with Crippen LogP contribution < -0.4 is 9.62 Å². The molecular weight excluding hydrogens is 321 g/mol. The van der Waals surface area contributed by atoms with Crippen molar-refractivity contribution >= 4 is 27.3 Å². The second-order valence-electron chi connectivity index (χ2n) is 4.94. The number of pyridine rings is 1. The standard InChI is InChI=1S/C15H16FN3O3S/c1-11(15(20)18-13-4-3-9-17-10-13)19(23(2,21)22)14-7-5-12(16)6-8-14/h3-11H,1-2H3,(H,18,20)/t11-/m0/s1. The van der Waals surface area contributed by atoms with Crippen LogP contribution in [-0.4, -0.2) is 31.6 Å². The summed E-state index contributed by atoms with van der Waals surface area (Å²) in [6, 6.07) is 7.16. The summed E-state index contributed by atoms with van der Waals surface area (Å²) in [6.45, 7) is 1.45. The second kappa shape index (κ2) is 6.74. The first-order valence-electron chi connectivity index (χ1n) is 6.75. The third-order valence-electron chi connectivity index (χ3n) is 3.10. The van der Waals surface area contributed by atoms with Gasteiger partial charge in [-0.05, 0) is 43.3 Å². The van der Waals surface area contributed by atoms with Gasteiger partial charge in [0.1, 0.15) is 11.9 Å². The highest BCUT2D eigenvalue weighted by molar-refractivity contribution is 7.92. The lowest BCUT2D eigenvalue weighted by Crippen LogP contribution is -2.45. The van der Waals surface area contributed by atoms with Crippen LogP contribution in [0.25, 0.3) is 0 Å². The number of benzene rings is 1. The van der Waals surface area contributed by atoms with Crippen LogP contribution in [0.4, 0.5) is 15.8 Å². The first-order valence-corrected chi connectivity index (χ1v) is 8.60. The van der Waals surface area contributed by atoms with Crippen molar-refractivity contribution in [2.75, 3.05) is 15.9 Å². The summed E-state index contributed by atoms with van der Waals surface area (Å²) in [5.41, 5.74) is 0.666. The third kappa shape index (κ3) is 4.26. The Hall–Kier alpha value is -2.48. The summed E-state index contributed by atoms with van der Waals surface area (Å²) in [5, 5.41) is 2.59. The molecule has 1 atom stereocenters. The first-order chi connectivity index (χ1) is 10.8. The maximum atomic E-state index is 13.0. The fourth-order valence-electron chi connectivity index (χ4n) is 2.08. The van der Waals surface area contributed by atoms with Crippen molar-refractivity contribution in [2.45, 2.75) is 13.0 Å². The zero-order valence-electron chi connectivity index (χ0n) is 12.6. The highest BCUT2D eigenvalue weighted by Gasteiger charge is 2.29. The molecule has 1 N–H and O–H groups in total. The average Bonchev–Trinajstić information content (AvgIpc) is 2.49. The molecule has 0 fully saturated rings. The van der Waals surface area contributed by atoms with Crippen molar-refractivity contribution in [1.29, 1.82) is 0 Å². The lowest BCUT2D eigenvalue weighted by molar-refractivity contribution is -0.116. The normalized spacial score (nSPS) is 12.5. The van der Waals surface area contributed by atoms with E-state index in [2.05, 4.69) is 10.3 Å². The number of aromatic nitrogens is 1. The number of hydrogen-bond donors (Lipinski definition) is 1. The molecule has 0 bridgehead atoms. The van der Waals surface area contributed by atoms with Gasteiger partial charge in [-0.25, -0.2) is 12.8 Å². The van der Waals surface area contributed by atoms with Crippen LogP contribution in [0.5, 0.6) is 0 Å². The fourth-order valence-corrected chi connectivity index (χ4v) is 3.26. The van der Waals surface area contributed by atoms with E-state index in [1.54, 1.807) is 18.3 Å². The Morgan fingerprint density at radius 3 is 2.43 bits per heavy atom. The Morgan fingerprint density at radius 2 is 1.91 bits per heavy atom. The van der Waals surface area contributed by atoms with Gasteiger partial charge in [-0.3, -0.25) is 14.1 Å². The van der Waals surface area contributed by atoms with Crippen LogP contribution >= 0.6 is 0 Å². The zero-order valence-corrected chi connectivity index (χ0v) is 13.4. The molecule has 0 saturated heterocycles. The molecule has 0 aliphatic carbocycles. The van der Waals surface area contributed by atoms with Crippen molar-refractivity contribution in [3.63, 3.8) is 0 Å². The van der Waals surface area contributed by atoms with Crippen LogP contribution in [0.3, 0.4) is 0 Å². The minimum absolute atomic E-state index is 0.211. The molecule has 1 amide bonds. The van der Waals surface area contributed by atoms with Crippen LogP contribution in [0.2, 0.25) is 0 Å². The number of amides is 1. The van der Waals surface area contributed by atoms with E-state index in [9.17, 15) is 17.6 Å². The van der Waals surface area contributed by atoms with Crippen molar-refractivity contribution in [3.05, 3.63) is 54.6 Å². The molecule has 0 saturated carbocycles. The Labute approximate surface area is 134 Å². The lowest BCUT2D eigenvalue weighted by atomic mass is 10.2. The molecule has 0 radical (unpaired) electrons. The quantitative estimate of drug-likeness (QED) is 0.905. The largest absolute Gasteiger partial charge is 0.323 e. The smallest absolute Gasteiger partial charge is 0.248 e. The molecule has 1 aromatic heterocycles. The Morgan fingerprint density at radius 1 is 1.26 bits per heavy atom. The average molecular weight is 337 g/mol. The van der Waals surface area contributed by atoms with Crippen molar-refractivity contribution in [2.24, 2.45) is 0 Å². The molecule has 0 spiro atoms. The van der Waals surface area contributed by atoms with Gasteiger partial charge in [0.15, 0.2) is 0 Å². The van der Waals surface area contributed by atoms with E-state index in [0.717, 1.165) is 22.7 Å². The van der Waals surface area contributed by atoms with Crippen molar-refractivity contribution in [3.8, 4) is 0 Å². The van der Waals surface area contributed by atoms with Crippen molar-refractivity contribution in [1.82, 2.24) is 4.98 Å². The summed E-state index contributed by atoms with van der Waals surface area (Å²) in [6.07, 6.45) is 4.00. The first kappa shape index (κ1) is 16.9. The molecule has 1 aromatic carbocycles. The Bertz CT molecular complexity index is 779. The molecule has 0 unspecified atom stereocenters. The lowest BCUT2D eigenvalue weighted by Gasteiger charge is -2.28. The zero-order chi connectivity index (χ0) is 17.0. The van der Waals surface area contributed by atoms with E-state index in [1.807, 2.05) is 0 Å². The molecule has 8 heteroatoms. The molecule has 1 heterocycles. The Balaban J connectivity index is 2.28. The number of carbonyl (C=O) groups excluding carboxylic acids is 1. The number of nitrogens with zero attached hydrogens (tertiary/aromatic N) is 2. The van der Waals surface area contributed by atoms with Crippen LogP contribution in [0.1, 0.15) is 6.92 Å². The van der Waals surface area contributed by atoms with Crippen molar-refractivity contribution < 1.29 is 17.6 Å². The van der Waals surface area contributed by atoms with Gasteiger partial charge in [0, 0.05) is 6.20 Å². The number of sulfonamides is 1. The SMILES string of the molecule is C[C@@H](C(=O)Nc1cccnc1)N(c1ccc(F)cc1)S(C)(=O)=O. The number of carbonyl (C=O) groups is 1. The Kier molecular flexibility index (Phi) is 4.95. The maximum absolute atomic E-state index is 13.0. The van der Waals surface area contributed by atoms with Crippen LogP contribution in [0, 0.1) is 5.82 Å². The molecule has 122 valence electrons. The number of hydrogen-bond acceptors (Lipinski definition) is 4. The molecule has 6 nitrogen and oxygen atoms in total.